The highest BCUT2D eigenvalue weighted by atomic mass is 35.5. The van der Waals surface area contributed by atoms with Crippen molar-refractivity contribution in [2.24, 2.45) is 5.41 Å². The Morgan fingerprint density at radius 3 is 2.26 bits per heavy atom. The van der Waals surface area contributed by atoms with Gasteiger partial charge in [-0.1, -0.05) is 50.0 Å². The van der Waals surface area contributed by atoms with Crippen LogP contribution in [-0.4, -0.2) is 18.6 Å². The van der Waals surface area contributed by atoms with Crippen LogP contribution >= 0.6 is 23.2 Å². The van der Waals surface area contributed by atoms with E-state index in [-0.39, 0.29) is 17.4 Å². The number of benzene rings is 1. The molecule has 2 rings (SSSR count). The third-order valence-corrected chi connectivity index (χ3v) is 4.36. The van der Waals surface area contributed by atoms with Gasteiger partial charge in [-0.2, -0.15) is 0 Å². The Morgan fingerprint density at radius 1 is 1.32 bits per heavy atom. The Kier molecular flexibility index (Phi) is 3.58. The molecule has 1 aromatic rings. The van der Waals surface area contributed by atoms with Crippen LogP contribution in [0.25, 0.3) is 0 Å². The summed E-state index contributed by atoms with van der Waals surface area (Å²) in [6.07, 6.45) is 0. The highest BCUT2D eigenvalue weighted by molar-refractivity contribution is 6.36. The lowest BCUT2D eigenvalue weighted by Crippen LogP contribution is -2.42. The molecule has 1 saturated heterocycles. The van der Waals surface area contributed by atoms with E-state index < -0.39 is 5.54 Å². The van der Waals surface area contributed by atoms with Gasteiger partial charge >= 0.3 is 5.97 Å². The zero-order chi connectivity index (χ0) is 14.4. The number of methoxy groups -OCH3 is 1. The van der Waals surface area contributed by atoms with Gasteiger partial charge < -0.3 is 4.74 Å². The normalized spacial score (nSPS) is 26.1. The number of hydrogen-bond acceptors (Lipinski definition) is 3. The molecule has 1 aliphatic rings. The first-order chi connectivity index (χ1) is 8.75. The molecule has 1 aromatic carbocycles. The number of esters is 1. The van der Waals surface area contributed by atoms with Gasteiger partial charge in [-0.3, -0.25) is 5.32 Å². The minimum atomic E-state index is -0.781. The Labute approximate surface area is 123 Å². The van der Waals surface area contributed by atoms with Crippen molar-refractivity contribution < 1.29 is 9.53 Å². The maximum atomic E-state index is 12.2. The Bertz CT molecular complexity index is 504. The van der Waals surface area contributed by atoms with Crippen LogP contribution in [0.15, 0.2) is 18.2 Å². The van der Waals surface area contributed by atoms with Gasteiger partial charge in [0.15, 0.2) is 0 Å². The molecule has 2 atom stereocenters. The van der Waals surface area contributed by atoms with Crippen LogP contribution in [0.4, 0.5) is 0 Å². The summed E-state index contributed by atoms with van der Waals surface area (Å²) in [7, 11) is 1.39. The molecule has 0 unspecified atom stereocenters. The lowest BCUT2D eigenvalue weighted by molar-refractivity contribution is -0.147. The van der Waals surface area contributed by atoms with Gasteiger partial charge in [-0.05, 0) is 17.5 Å². The van der Waals surface area contributed by atoms with Crippen LogP contribution in [-0.2, 0) is 9.53 Å². The number of rotatable bonds is 2. The Balaban J connectivity index is 2.48. The second-order valence-corrected chi connectivity index (χ2v) is 6.58. The summed E-state index contributed by atoms with van der Waals surface area (Å²) in [6, 6.07) is 5.11. The van der Waals surface area contributed by atoms with Crippen LogP contribution in [0.5, 0.6) is 0 Å². The van der Waals surface area contributed by atoms with Gasteiger partial charge in [-0.15, -0.1) is 0 Å². The number of nitrogens with one attached hydrogen (secondary N) is 1. The van der Waals surface area contributed by atoms with Crippen molar-refractivity contribution in [3.05, 3.63) is 33.8 Å². The molecule has 1 fully saturated rings. The molecule has 3 nitrogen and oxygen atoms in total. The first-order valence-electron chi connectivity index (χ1n) is 6.05. The molecule has 0 spiro atoms. The molecule has 0 aliphatic carbocycles. The predicted molar refractivity (Wildman–Crippen MR) is 76.5 cm³/mol. The van der Waals surface area contributed by atoms with Gasteiger partial charge in [0.25, 0.3) is 0 Å². The number of hydrogen-bond donors (Lipinski definition) is 1. The second-order valence-electron chi connectivity index (χ2n) is 5.76. The molecule has 1 heterocycles. The van der Waals surface area contributed by atoms with Gasteiger partial charge in [0.1, 0.15) is 5.54 Å². The molecule has 104 valence electrons. The molecular weight excluding hydrogens is 285 g/mol. The van der Waals surface area contributed by atoms with E-state index in [1.165, 1.54) is 7.11 Å². The predicted octanol–water partition coefficient (Wildman–Crippen LogP) is 3.60. The molecule has 5 heteroatoms. The fourth-order valence-corrected chi connectivity index (χ4v) is 3.17. The van der Waals surface area contributed by atoms with E-state index in [9.17, 15) is 4.79 Å². The molecule has 19 heavy (non-hydrogen) atoms. The second kappa shape index (κ2) is 4.65. The summed E-state index contributed by atoms with van der Waals surface area (Å²) in [5, 5.41) is 4.34. The van der Waals surface area contributed by atoms with E-state index in [4.69, 9.17) is 27.9 Å². The van der Waals surface area contributed by atoms with Crippen molar-refractivity contribution in [3.8, 4) is 0 Å². The quantitative estimate of drug-likeness (QED) is 0.671. The lowest BCUT2D eigenvalue weighted by atomic mass is 9.76. The van der Waals surface area contributed by atoms with Crippen molar-refractivity contribution in [1.29, 1.82) is 0 Å². The topological polar surface area (TPSA) is 48.2 Å². The average Bonchev–Trinajstić information content (AvgIpc) is 3.04. The summed E-state index contributed by atoms with van der Waals surface area (Å²) in [5.74, 6) is -0.291. The molecule has 0 saturated carbocycles. The van der Waals surface area contributed by atoms with Gasteiger partial charge in [0.05, 0.1) is 13.2 Å². The standard InChI is InChI=1S/C14H17Cl2NO2/c1-13(2,3)14(12(18)19-4)11(17-14)10-8(15)6-5-7-9(10)16/h5-7,11,17H,1-4H3/t11-,14-/m0/s1. The lowest BCUT2D eigenvalue weighted by Gasteiger charge is -2.28. The van der Waals surface area contributed by atoms with E-state index in [1.807, 2.05) is 20.8 Å². The molecule has 0 aromatic heterocycles. The van der Waals surface area contributed by atoms with E-state index >= 15 is 0 Å². The zero-order valence-corrected chi connectivity index (χ0v) is 12.9. The summed E-state index contributed by atoms with van der Waals surface area (Å²) in [5.41, 5.74) is -0.338. The van der Waals surface area contributed by atoms with E-state index in [1.54, 1.807) is 18.2 Å². The zero-order valence-electron chi connectivity index (χ0n) is 11.4. The van der Waals surface area contributed by atoms with Crippen LogP contribution in [0, 0.1) is 5.41 Å². The van der Waals surface area contributed by atoms with Gasteiger partial charge in [-0.25, -0.2) is 4.79 Å². The minimum Gasteiger partial charge on any atom is -0.468 e. The van der Waals surface area contributed by atoms with E-state index in [0.717, 1.165) is 5.56 Å². The van der Waals surface area contributed by atoms with Gasteiger partial charge in [0, 0.05) is 15.6 Å². The Morgan fingerprint density at radius 2 is 1.84 bits per heavy atom. The molecular formula is C14H17Cl2NO2. The fourth-order valence-electron chi connectivity index (χ4n) is 2.55. The van der Waals surface area contributed by atoms with Crippen molar-refractivity contribution in [2.45, 2.75) is 32.4 Å². The monoisotopic (exact) mass is 301 g/mol. The first-order valence-corrected chi connectivity index (χ1v) is 6.81. The highest BCUT2D eigenvalue weighted by Crippen LogP contribution is 2.55. The van der Waals surface area contributed by atoms with Crippen molar-refractivity contribution in [2.75, 3.05) is 7.11 Å². The highest BCUT2D eigenvalue weighted by Gasteiger charge is 2.68. The van der Waals surface area contributed by atoms with Crippen LogP contribution < -0.4 is 5.32 Å². The Hall–Kier alpha value is -0.770. The largest absolute Gasteiger partial charge is 0.468 e. The van der Waals surface area contributed by atoms with Crippen LogP contribution in [0.1, 0.15) is 32.4 Å². The van der Waals surface area contributed by atoms with Gasteiger partial charge in [0.2, 0.25) is 0 Å². The maximum Gasteiger partial charge on any atom is 0.328 e. The fraction of sp³-hybridized carbons (Fsp3) is 0.500. The summed E-state index contributed by atoms with van der Waals surface area (Å²) in [4.78, 5) is 12.2. The minimum absolute atomic E-state index is 0.221. The van der Waals surface area contributed by atoms with Crippen LogP contribution in [0.2, 0.25) is 10.0 Å². The number of carbonyl (C=O) groups is 1. The summed E-state index contributed by atoms with van der Waals surface area (Å²) >= 11 is 12.4. The smallest absolute Gasteiger partial charge is 0.328 e. The van der Waals surface area contributed by atoms with Crippen molar-refractivity contribution in [1.82, 2.24) is 5.32 Å². The maximum absolute atomic E-state index is 12.2. The van der Waals surface area contributed by atoms with E-state index in [2.05, 4.69) is 5.32 Å². The molecule has 0 radical (unpaired) electrons. The molecule has 0 bridgehead atoms. The van der Waals surface area contributed by atoms with Crippen LogP contribution in [0.3, 0.4) is 0 Å². The number of carbonyl (C=O) groups excluding carboxylic acids is 1. The molecule has 1 aliphatic heterocycles. The van der Waals surface area contributed by atoms with Crippen molar-refractivity contribution in [3.63, 3.8) is 0 Å². The summed E-state index contributed by atoms with van der Waals surface area (Å²) in [6.45, 7) is 5.96. The van der Waals surface area contributed by atoms with Crippen molar-refractivity contribution >= 4 is 29.2 Å². The third kappa shape index (κ3) is 2.14. The SMILES string of the molecule is COC(=O)[C@@]1(C(C)(C)C)N[C@H]1c1c(Cl)cccc1Cl. The summed E-state index contributed by atoms with van der Waals surface area (Å²) < 4.78 is 4.95. The molecule has 1 N–H and O–H groups in total. The number of ether oxygens (including phenoxy) is 1. The first kappa shape index (κ1) is 14.6. The average molecular weight is 302 g/mol. The third-order valence-electron chi connectivity index (χ3n) is 3.70. The van der Waals surface area contributed by atoms with E-state index in [0.29, 0.717) is 10.0 Å². The number of halogens is 2. The molecule has 0 amide bonds.